The molecule has 0 saturated carbocycles. The molecule has 1 N–H and O–H groups in total. The van der Waals surface area contributed by atoms with E-state index in [1.807, 2.05) is 10.8 Å². The standard InChI is InChI=1S/C13H24N4O3S/c1-3-7-16-9-6-14-13(16)10-15-21(18,19)17-8-4-5-12(17)11-20-2/h6,9,12,15H,3-5,7-8,10-11H2,1-2H3. The molecule has 8 heteroatoms. The van der Waals surface area contributed by atoms with Crippen molar-refractivity contribution in [3.63, 3.8) is 0 Å². The highest BCUT2D eigenvalue weighted by molar-refractivity contribution is 7.87. The molecule has 2 rings (SSSR count). The summed E-state index contributed by atoms with van der Waals surface area (Å²) >= 11 is 0. The van der Waals surface area contributed by atoms with Crippen LogP contribution in [0.5, 0.6) is 0 Å². The fourth-order valence-corrected chi connectivity index (χ4v) is 4.08. The summed E-state index contributed by atoms with van der Waals surface area (Å²) in [6, 6.07) is -0.0668. The Morgan fingerprint density at radius 1 is 1.52 bits per heavy atom. The number of methoxy groups -OCH3 is 1. The minimum Gasteiger partial charge on any atom is -0.383 e. The molecule has 1 fully saturated rings. The van der Waals surface area contributed by atoms with Gasteiger partial charge in [0, 0.05) is 38.6 Å². The molecule has 7 nitrogen and oxygen atoms in total. The summed E-state index contributed by atoms with van der Waals surface area (Å²) in [7, 11) is -1.89. The van der Waals surface area contributed by atoms with Crippen molar-refractivity contribution in [1.82, 2.24) is 18.6 Å². The Morgan fingerprint density at radius 3 is 3.05 bits per heavy atom. The van der Waals surface area contributed by atoms with Gasteiger partial charge in [0.25, 0.3) is 10.2 Å². The van der Waals surface area contributed by atoms with Gasteiger partial charge in [0.1, 0.15) is 5.82 Å². The predicted molar refractivity (Wildman–Crippen MR) is 79.9 cm³/mol. The minimum atomic E-state index is -3.49. The molecule has 21 heavy (non-hydrogen) atoms. The lowest BCUT2D eigenvalue weighted by atomic mass is 10.2. The lowest BCUT2D eigenvalue weighted by Gasteiger charge is -2.23. The second kappa shape index (κ2) is 7.35. The summed E-state index contributed by atoms with van der Waals surface area (Å²) in [6.07, 6.45) is 6.27. The predicted octanol–water partition coefficient (Wildman–Crippen LogP) is 0.738. The number of hydrogen-bond donors (Lipinski definition) is 1. The molecule has 0 radical (unpaired) electrons. The number of ether oxygens (including phenoxy) is 1. The topological polar surface area (TPSA) is 76.5 Å². The van der Waals surface area contributed by atoms with Crippen LogP contribution in [-0.2, 0) is 28.0 Å². The zero-order valence-electron chi connectivity index (χ0n) is 12.7. The molecule has 1 aliphatic rings. The normalized spacial score (nSPS) is 20.2. The third-order valence-electron chi connectivity index (χ3n) is 3.67. The summed E-state index contributed by atoms with van der Waals surface area (Å²) in [6.45, 7) is 4.12. The van der Waals surface area contributed by atoms with Crippen LogP contribution in [0.3, 0.4) is 0 Å². The molecule has 1 aromatic rings. The van der Waals surface area contributed by atoms with Gasteiger partial charge < -0.3 is 9.30 Å². The van der Waals surface area contributed by atoms with Crippen LogP contribution < -0.4 is 4.72 Å². The van der Waals surface area contributed by atoms with Crippen molar-refractivity contribution in [2.75, 3.05) is 20.3 Å². The number of rotatable bonds is 8. The first-order chi connectivity index (χ1) is 10.1. The molecule has 0 aromatic carbocycles. The Hall–Kier alpha value is -0.960. The Labute approximate surface area is 126 Å². The van der Waals surface area contributed by atoms with Crippen molar-refractivity contribution in [2.24, 2.45) is 0 Å². The average molecular weight is 316 g/mol. The van der Waals surface area contributed by atoms with Gasteiger partial charge in [-0.2, -0.15) is 17.4 Å². The summed E-state index contributed by atoms with van der Waals surface area (Å²) in [5, 5.41) is 0. The summed E-state index contributed by atoms with van der Waals surface area (Å²) in [4.78, 5) is 4.21. The van der Waals surface area contributed by atoms with Gasteiger partial charge in [-0.15, -0.1) is 0 Å². The lowest BCUT2D eigenvalue weighted by Crippen LogP contribution is -2.44. The van der Waals surface area contributed by atoms with E-state index in [0.717, 1.165) is 31.6 Å². The van der Waals surface area contributed by atoms with Gasteiger partial charge in [-0.1, -0.05) is 6.92 Å². The average Bonchev–Trinajstić information content (AvgIpc) is 3.07. The second-order valence-electron chi connectivity index (χ2n) is 5.23. The van der Waals surface area contributed by atoms with Gasteiger partial charge in [0.15, 0.2) is 0 Å². The largest absolute Gasteiger partial charge is 0.383 e. The van der Waals surface area contributed by atoms with Gasteiger partial charge in [-0.25, -0.2) is 4.98 Å². The smallest absolute Gasteiger partial charge is 0.280 e. The second-order valence-corrected chi connectivity index (χ2v) is 6.93. The number of hydrogen-bond acceptors (Lipinski definition) is 4. The van der Waals surface area contributed by atoms with Crippen molar-refractivity contribution in [2.45, 2.75) is 45.3 Å². The van der Waals surface area contributed by atoms with Crippen LogP contribution in [0.4, 0.5) is 0 Å². The minimum absolute atomic E-state index is 0.0668. The Morgan fingerprint density at radius 2 is 2.33 bits per heavy atom. The van der Waals surface area contributed by atoms with Crippen LogP contribution in [0.15, 0.2) is 12.4 Å². The van der Waals surface area contributed by atoms with Crippen molar-refractivity contribution < 1.29 is 13.2 Å². The van der Waals surface area contributed by atoms with Crippen LogP contribution in [-0.4, -0.2) is 48.6 Å². The summed E-state index contributed by atoms with van der Waals surface area (Å²) < 4.78 is 36.0. The Bertz CT molecular complexity index is 543. The van der Waals surface area contributed by atoms with Crippen molar-refractivity contribution in [3.05, 3.63) is 18.2 Å². The Balaban J connectivity index is 1.99. The fraction of sp³-hybridized carbons (Fsp3) is 0.769. The lowest BCUT2D eigenvalue weighted by molar-refractivity contribution is 0.148. The SMILES string of the molecule is CCCn1ccnc1CNS(=O)(=O)N1CCCC1COC. The van der Waals surface area contributed by atoms with E-state index in [1.54, 1.807) is 13.3 Å². The van der Waals surface area contributed by atoms with E-state index in [1.165, 1.54) is 4.31 Å². The summed E-state index contributed by atoms with van der Waals surface area (Å²) in [5.74, 6) is 0.739. The number of aryl methyl sites for hydroxylation is 1. The molecular formula is C13H24N4O3S. The molecule has 2 heterocycles. The molecule has 1 saturated heterocycles. The maximum Gasteiger partial charge on any atom is 0.280 e. The molecular weight excluding hydrogens is 292 g/mol. The highest BCUT2D eigenvalue weighted by Crippen LogP contribution is 2.20. The molecule has 0 spiro atoms. The monoisotopic (exact) mass is 316 g/mol. The molecule has 1 unspecified atom stereocenters. The van der Waals surface area contributed by atoms with Crippen molar-refractivity contribution >= 4 is 10.2 Å². The van der Waals surface area contributed by atoms with E-state index in [9.17, 15) is 8.42 Å². The molecule has 0 aliphatic carbocycles. The first-order valence-corrected chi connectivity index (χ1v) is 8.78. The molecule has 1 atom stereocenters. The van der Waals surface area contributed by atoms with Gasteiger partial charge in [-0.3, -0.25) is 0 Å². The van der Waals surface area contributed by atoms with E-state index in [0.29, 0.717) is 13.2 Å². The third-order valence-corrected chi connectivity index (χ3v) is 5.28. The summed E-state index contributed by atoms with van der Waals surface area (Å²) in [5.41, 5.74) is 0. The van der Waals surface area contributed by atoms with Crippen LogP contribution in [0.25, 0.3) is 0 Å². The van der Waals surface area contributed by atoms with E-state index in [-0.39, 0.29) is 12.6 Å². The van der Waals surface area contributed by atoms with Gasteiger partial charge >= 0.3 is 0 Å². The third kappa shape index (κ3) is 4.03. The van der Waals surface area contributed by atoms with Gasteiger partial charge in [0.05, 0.1) is 13.2 Å². The highest BCUT2D eigenvalue weighted by atomic mass is 32.2. The first kappa shape index (κ1) is 16.4. The molecule has 1 aromatic heterocycles. The maximum absolute atomic E-state index is 12.4. The van der Waals surface area contributed by atoms with Crippen LogP contribution >= 0.6 is 0 Å². The Kier molecular flexibility index (Phi) is 5.74. The van der Waals surface area contributed by atoms with Gasteiger partial charge in [0.2, 0.25) is 0 Å². The van der Waals surface area contributed by atoms with E-state index < -0.39 is 10.2 Å². The van der Waals surface area contributed by atoms with E-state index in [4.69, 9.17) is 4.74 Å². The van der Waals surface area contributed by atoms with E-state index in [2.05, 4.69) is 16.6 Å². The number of nitrogens with zero attached hydrogens (tertiary/aromatic N) is 3. The van der Waals surface area contributed by atoms with Crippen LogP contribution in [0, 0.1) is 0 Å². The quantitative estimate of drug-likeness (QED) is 0.767. The molecule has 0 bridgehead atoms. The number of nitrogens with one attached hydrogen (secondary N) is 1. The van der Waals surface area contributed by atoms with E-state index >= 15 is 0 Å². The molecule has 1 aliphatic heterocycles. The molecule has 120 valence electrons. The zero-order valence-corrected chi connectivity index (χ0v) is 13.5. The molecule has 0 amide bonds. The first-order valence-electron chi connectivity index (χ1n) is 7.34. The van der Waals surface area contributed by atoms with Crippen molar-refractivity contribution in [1.29, 1.82) is 0 Å². The van der Waals surface area contributed by atoms with Crippen molar-refractivity contribution in [3.8, 4) is 0 Å². The highest BCUT2D eigenvalue weighted by Gasteiger charge is 2.33. The van der Waals surface area contributed by atoms with Crippen LogP contribution in [0.1, 0.15) is 32.0 Å². The number of imidazole rings is 1. The zero-order chi connectivity index (χ0) is 15.3. The fourth-order valence-electron chi connectivity index (χ4n) is 2.67. The van der Waals surface area contributed by atoms with Gasteiger partial charge in [-0.05, 0) is 19.3 Å². The number of aromatic nitrogens is 2. The maximum atomic E-state index is 12.4. The van der Waals surface area contributed by atoms with Crippen LogP contribution in [0.2, 0.25) is 0 Å².